The van der Waals surface area contributed by atoms with Gasteiger partial charge < -0.3 is 16.0 Å². The van der Waals surface area contributed by atoms with Crippen molar-refractivity contribution in [2.75, 3.05) is 25.9 Å². The van der Waals surface area contributed by atoms with Crippen molar-refractivity contribution in [1.29, 1.82) is 0 Å². The third-order valence-electron chi connectivity index (χ3n) is 3.96. The number of carbonyl (C=O) groups is 1. The third-order valence-corrected chi connectivity index (χ3v) is 4.30. The number of likely N-dealkylation sites (N-methyl/N-ethyl adjacent to an activating group) is 1. The predicted molar refractivity (Wildman–Crippen MR) is 83.1 cm³/mol. The molecule has 1 aliphatic carbocycles. The van der Waals surface area contributed by atoms with E-state index in [-0.39, 0.29) is 5.91 Å². The fourth-order valence-electron chi connectivity index (χ4n) is 2.66. The van der Waals surface area contributed by atoms with Crippen molar-refractivity contribution in [3.63, 3.8) is 0 Å². The van der Waals surface area contributed by atoms with E-state index in [1.807, 2.05) is 0 Å². The van der Waals surface area contributed by atoms with Crippen LogP contribution < -0.4 is 11.1 Å². The number of nitrogens with zero attached hydrogens (tertiary/aromatic N) is 1. The van der Waals surface area contributed by atoms with Gasteiger partial charge in [0.2, 0.25) is 0 Å². The Balaban J connectivity index is 1.78. The second kappa shape index (κ2) is 6.95. The molecule has 5 heteroatoms. The van der Waals surface area contributed by atoms with Crippen molar-refractivity contribution in [2.24, 2.45) is 0 Å². The van der Waals surface area contributed by atoms with Gasteiger partial charge in [0.1, 0.15) is 0 Å². The predicted octanol–water partition coefficient (Wildman–Crippen LogP) is 2.53. The molecule has 110 valence electrons. The molecule has 0 heterocycles. The number of anilines is 1. The maximum atomic E-state index is 12.0. The minimum atomic E-state index is -0.104. The van der Waals surface area contributed by atoms with Crippen LogP contribution in [0.4, 0.5) is 5.69 Å². The van der Waals surface area contributed by atoms with Gasteiger partial charge in [-0.2, -0.15) is 0 Å². The number of hydrogen-bond acceptors (Lipinski definition) is 3. The molecule has 1 saturated carbocycles. The van der Waals surface area contributed by atoms with Gasteiger partial charge in [0.05, 0.1) is 10.7 Å². The van der Waals surface area contributed by atoms with Crippen LogP contribution in [-0.2, 0) is 0 Å². The zero-order valence-corrected chi connectivity index (χ0v) is 12.6. The summed E-state index contributed by atoms with van der Waals surface area (Å²) in [6, 6.07) is 5.63. The van der Waals surface area contributed by atoms with Crippen molar-refractivity contribution in [1.82, 2.24) is 10.2 Å². The summed E-state index contributed by atoms with van der Waals surface area (Å²) in [5.74, 6) is -0.104. The van der Waals surface area contributed by atoms with Crippen molar-refractivity contribution in [3.05, 3.63) is 28.8 Å². The first-order valence-electron chi connectivity index (χ1n) is 7.11. The van der Waals surface area contributed by atoms with Crippen LogP contribution >= 0.6 is 11.6 Å². The van der Waals surface area contributed by atoms with E-state index in [2.05, 4.69) is 17.3 Å². The molecule has 4 nitrogen and oxygen atoms in total. The first-order valence-corrected chi connectivity index (χ1v) is 7.49. The fraction of sp³-hybridized carbons (Fsp3) is 0.533. The lowest BCUT2D eigenvalue weighted by Gasteiger charge is -2.23. The molecule has 0 aromatic heterocycles. The van der Waals surface area contributed by atoms with E-state index in [0.29, 0.717) is 28.9 Å². The standard InChI is InChI=1S/C15H22ClN3O/c1-19(12-4-2-3-5-12)9-8-18-15(20)11-6-7-13(16)14(17)10-11/h6-7,10,12H,2-5,8-9,17H2,1H3,(H,18,20). The average molecular weight is 296 g/mol. The first-order chi connectivity index (χ1) is 9.58. The Morgan fingerprint density at radius 1 is 1.45 bits per heavy atom. The van der Waals surface area contributed by atoms with E-state index in [0.717, 1.165) is 6.54 Å². The summed E-state index contributed by atoms with van der Waals surface area (Å²) in [5.41, 5.74) is 6.68. The highest BCUT2D eigenvalue weighted by atomic mass is 35.5. The molecule has 0 spiro atoms. The third kappa shape index (κ3) is 3.87. The van der Waals surface area contributed by atoms with E-state index in [9.17, 15) is 4.79 Å². The lowest BCUT2D eigenvalue weighted by Crippen LogP contribution is -2.37. The number of hydrogen-bond donors (Lipinski definition) is 2. The van der Waals surface area contributed by atoms with Crippen molar-refractivity contribution < 1.29 is 4.79 Å². The molecule has 3 N–H and O–H groups in total. The molecular formula is C15H22ClN3O. The van der Waals surface area contributed by atoms with E-state index in [1.54, 1.807) is 18.2 Å². The van der Waals surface area contributed by atoms with E-state index < -0.39 is 0 Å². The van der Waals surface area contributed by atoms with E-state index in [1.165, 1.54) is 25.7 Å². The number of nitrogen functional groups attached to an aromatic ring is 1. The minimum absolute atomic E-state index is 0.104. The van der Waals surface area contributed by atoms with Gasteiger partial charge in [-0.25, -0.2) is 0 Å². The van der Waals surface area contributed by atoms with Crippen molar-refractivity contribution in [2.45, 2.75) is 31.7 Å². The Labute approximate surface area is 125 Å². The number of amides is 1. The van der Waals surface area contributed by atoms with Crippen LogP contribution in [0.3, 0.4) is 0 Å². The lowest BCUT2D eigenvalue weighted by molar-refractivity contribution is 0.0947. The number of nitrogens with two attached hydrogens (primary N) is 1. The molecule has 1 aromatic rings. The van der Waals surface area contributed by atoms with Crippen LogP contribution in [0.1, 0.15) is 36.0 Å². The van der Waals surface area contributed by atoms with Gasteiger partial charge >= 0.3 is 0 Å². The summed E-state index contributed by atoms with van der Waals surface area (Å²) < 4.78 is 0. The van der Waals surface area contributed by atoms with Gasteiger partial charge in [-0.05, 0) is 38.1 Å². The zero-order valence-electron chi connectivity index (χ0n) is 11.9. The molecule has 0 aliphatic heterocycles. The molecule has 1 fully saturated rings. The smallest absolute Gasteiger partial charge is 0.251 e. The van der Waals surface area contributed by atoms with Gasteiger partial charge in [0.15, 0.2) is 0 Å². The van der Waals surface area contributed by atoms with Gasteiger partial charge in [-0.15, -0.1) is 0 Å². The maximum absolute atomic E-state index is 12.0. The summed E-state index contributed by atoms with van der Waals surface area (Å²) in [6.07, 6.45) is 5.20. The monoisotopic (exact) mass is 295 g/mol. The molecule has 0 bridgehead atoms. The van der Waals surface area contributed by atoms with Crippen LogP contribution in [0.5, 0.6) is 0 Å². The molecule has 2 rings (SSSR count). The Morgan fingerprint density at radius 3 is 2.80 bits per heavy atom. The maximum Gasteiger partial charge on any atom is 0.251 e. The fourth-order valence-corrected chi connectivity index (χ4v) is 2.78. The quantitative estimate of drug-likeness (QED) is 0.821. The largest absolute Gasteiger partial charge is 0.398 e. The highest BCUT2D eigenvalue weighted by Gasteiger charge is 2.19. The lowest BCUT2D eigenvalue weighted by atomic mass is 10.2. The summed E-state index contributed by atoms with van der Waals surface area (Å²) in [6.45, 7) is 1.52. The molecule has 0 saturated heterocycles. The molecule has 0 radical (unpaired) electrons. The Hall–Kier alpha value is -1.26. The van der Waals surface area contributed by atoms with Gasteiger partial charge in [-0.3, -0.25) is 4.79 Å². The minimum Gasteiger partial charge on any atom is -0.398 e. The molecular weight excluding hydrogens is 274 g/mol. The SMILES string of the molecule is CN(CCNC(=O)c1ccc(Cl)c(N)c1)C1CCCC1. The number of nitrogens with one attached hydrogen (secondary N) is 1. The number of carbonyl (C=O) groups excluding carboxylic acids is 1. The molecule has 0 unspecified atom stereocenters. The van der Waals surface area contributed by atoms with Crippen LogP contribution in [0.25, 0.3) is 0 Å². The van der Waals surface area contributed by atoms with Crippen LogP contribution in [0, 0.1) is 0 Å². The highest BCUT2D eigenvalue weighted by Crippen LogP contribution is 2.22. The van der Waals surface area contributed by atoms with Gasteiger partial charge in [0.25, 0.3) is 5.91 Å². The van der Waals surface area contributed by atoms with E-state index >= 15 is 0 Å². The summed E-state index contributed by atoms with van der Waals surface area (Å²) >= 11 is 5.84. The van der Waals surface area contributed by atoms with E-state index in [4.69, 9.17) is 17.3 Å². The van der Waals surface area contributed by atoms with Crippen LogP contribution in [0.15, 0.2) is 18.2 Å². The Kier molecular flexibility index (Phi) is 5.26. The molecule has 1 aliphatic rings. The summed E-state index contributed by atoms with van der Waals surface area (Å²) in [5, 5.41) is 3.40. The average Bonchev–Trinajstić information content (AvgIpc) is 2.95. The molecule has 0 atom stereocenters. The Bertz CT molecular complexity index is 472. The summed E-state index contributed by atoms with van der Waals surface area (Å²) in [4.78, 5) is 14.3. The van der Waals surface area contributed by atoms with Crippen molar-refractivity contribution in [3.8, 4) is 0 Å². The second-order valence-corrected chi connectivity index (χ2v) is 5.82. The second-order valence-electron chi connectivity index (χ2n) is 5.41. The van der Waals surface area contributed by atoms with Crippen LogP contribution in [-0.4, -0.2) is 37.0 Å². The highest BCUT2D eigenvalue weighted by molar-refractivity contribution is 6.33. The van der Waals surface area contributed by atoms with Crippen molar-refractivity contribution >= 4 is 23.2 Å². The molecule has 1 amide bonds. The summed E-state index contributed by atoms with van der Waals surface area (Å²) in [7, 11) is 2.13. The molecule has 1 aromatic carbocycles. The molecule has 20 heavy (non-hydrogen) atoms. The normalized spacial score (nSPS) is 15.8. The first kappa shape index (κ1) is 15.1. The Morgan fingerprint density at radius 2 is 2.15 bits per heavy atom. The number of rotatable bonds is 5. The number of halogens is 1. The number of benzene rings is 1. The van der Waals surface area contributed by atoms with Gasteiger partial charge in [-0.1, -0.05) is 24.4 Å². The zero-order chi connectivity index (χ0) is 14.5. The topological polar surface area (TPSA) is 58.4 Å². The van der Waals surface area contributed by atoms with Gasteiger partial charge in [0, 0.05) is 24.7 Å². The van der Waals surface area contributed by atoms with Crippen LogP contribution in [0.2, 0.25) is 5.02 Å².